The molecule has 83 heavy (non-hydrogen) atoms. The summed E-state index contributed by atoms with van der Waals surface area (Å²) in [4.78, 5) is 34.2. The van der Waals surface area contributed by atoms with E-state index in [4.69, 9.17) is 41.1 Å². The molecule has 8 aromatic carbocycles. The number of aromatic hydroxyl groups is 1. The maximum absolute atomic E-state index is 11.5. The van der Waals surface area contributed by atoms with Crippen molar-refractivity contribution in [3.05, 3.63) is 192 Å². The Morgan fingerprint density at radius 2 is 0.783 bits per heavy atom. The van der Waals surface area contributed by atoms with Crippen LogP contribution in [0.15, 0.2) is 175 Å². The lowest BCUT2D eigenvalue weighted by Crippen LogP contribution is -2.33. The molecule has 3 aliphatic rings. The summed E-state index contributed by atoms with van der Waals surface area (Å²) >= 11 is 0. The van der Waals surface area contributed by atoms with Crippen LogP contribution in [0, 0.1) is 4.78 Å². The van der Waals surface area contributed by atoms with Gasteiger partial charge in [0.25, 0.3) is 9.05 Å². The molecule has 0 unspecified atom stereocenters. The van der Waals surface area contributed by atoms with Gasteiger partial charge in [-0.15, -0.1) is 0 Å². The number of halogens is 1. The minimum Gasteiger partial charge on any atom is -0.508 e. The summed E-state index contributed by atoms with van der Waals surface area (Å²) in [5.41, 5.74) is 23.3. The Labute approximate surface area is 494 Å². The molecule has 0 bridgehead atoms. The summed E-state index contributed by atoms with van der Waals surface area (Å²) in [6, 6.07) is 56.2. The summed E-state index contributed by atoms with van der Waals surface area (Å²) < 4.78 is 44.0. The zero-order chi connectivity index (χ0) is 60.1. The van der Waals surface area contributed by atoms with E-state index >= 15 is 0 Å². The highest BCUT2D eigenvalue weighted by Crippen LogP contribution is 2.35. The summed E-state index contributed by atoms with van der Waals surface area (Å²) in [6.07, 6.45) is 13.9. The predicted octanol–water partition coefficient (Wildman–Crippen LogP) is 14.1. The highest BCUT2D eigenvalue weighted by molar-refractivity contribution is 8.13. The Kier molecular flexibility index (Phi) is 25.0. The van der Waals surface area contributed by atoms with Gasteiger partial charge in [-0.2, -0.15) is 13.2 Å². The molecule has 0 amide bonds. The van der Waals surface area contributed by atoms with Crippen molar-refractivity contribution < 1.29 is 36.3 Å². The number of Topliss-reactive ketones (excluding diaryl/α,β-unsaturated/α-hetero) is 3. The molecule has 3 fully saturated rings. The van der Waals surface area contributed by atoms with Gasteiger partial charge in [0.15, 0.2) is 17.3 Å². The third-order valence-corrected chi connectivity index (χ3v) is 16.4. The van der Waals surface area contributed by atoms with E-state index in [9.17, 15) is 27.9 Å². The monoisotopic (exact) mass is 1180 g/mol. The highest BCUT2D eigenvalue weighted by atomic mass is 35.7. The van der Waals surface area contributed by atoms with E-state index in [0.717, 1.165) is 95.1 Å². The standard InChI is InChI=1S/C24H25NO.C18H22N2O.C12H10O2.C6H5ClO2S.C6H14N2.HNO2S/c1-17(26)20-7-8-22-16-24(14-11-21(22)15-20)25-23-12-9-19(10-13-23)18-5-3-2-4-6-18;1-12(21)13-2-3-15-11-18(7-4-14(15)10-13)20-17-8-5-16(19)6-9-17;1-8(13)9-2-3-11-7-12(14)5-4-10(11)6-9;7-10(8,9)6-4-2-1-3-5-6;7-5-1-2-6(8)4-3-5;1-4(2)3/h2-8,11,14-16,19,23,25H,9-10,12-13H2,1H3;2-4,7,10-11,16-17,20H,5-6,8-9,19H2,1H3;2-7,14H,1H3;1-5H;5-6H,1-4,7-8H2;1H. The average Bonchev–Trinajstić information content (AvgIpc) is 3.66. The number of carbonyl (C=O) groups is 3. The van der Waals surface area contributed by atoms with Crippen LogP contribution < -0.4 is 27.8 Å². The largest absolute Gasteiger partial charge is 0.508 e. The summed E-state index contributed by atoms with van der Waals surface area (Å²) in [5.74, 6) is 1.23. The van der Waals surface area contributed by atoms with Gasteiger partial charge in [0.05, 0.1) is 4.90 Å². The molecule has 0 saturated heterocycles. The first kappa shape index (κ1) is 64.9. The molecule has 0 heterocycles. The number of fused-ring (bicyclic) bond motifs is 3. The van der Waals surface area contributed by atoms with Crippen molar-refractivity contribution in [3.63, 3.8) is 0 Å². The second kappa shape index (κ2) is 31.9. The SMILES string of the molecule is CC(=O)c1ccc2cc(NC3CCC(N)CC3)ccc2c1.CC(=O)c1ccc2cc(NC3CCC(c4ccccc4)CC3)ccc2c1.CC(=O)c1ccc2cc(O)ccc2c1.N=S(=O)=O.NC1CCC(N)CC1.O=S(=O)(Cl)c1ccccc1. The van der Waals surface area contributed by atoms with Crippen LogP contribution in [0.5, 0.6) is 5.75 Å². The van der Waals surface area contributed by atoms with Gasteiger partial charge < -0.3 is 32.9 Å². The molecule has 14 nitrogen and oxygen atoms in total. The number of hydrogen-bond donors (Lipinski definition) is 7. The molecule has 0 spiro atoms. The lowest BCUT2D eigenvalue weighted by atomic mass is 9.81. The number of ketones is 3. The van der Waals surface area contributed by atoms with E-state index in [0.29, 0.717) is 41.7 Å². The smallest absolute Gasteiger partial charge is 0.308 e. The minimum atomic E-state index is -3.53. The maximum atomic E-state index is 11.5. The van der Waals surface area contributed by atoms with E-state index in [1.165, 1.54) is 54.5 Å². The Balaban J connectivity index is 0.000000173. The topological polar surface area (TPSA) is 266 Å². The van der Waals surface area contributed by atoms with Crippen molar-refractivity contribution in [2.75, 3.05) is 10.6 Å². The first-order chi connectivity index (χ1) is 39.6. The Bertz CT molecular complexity index is 3650. The van der Waals surface area contributed by atoms with Crippen LogP contribution in [-0.2, 0) is 19.6 Å². The van der Waals surface area contributed by atoms with E-state index in [-0.39, 0.29) is 28.0 Å². The van der Waals surface area contributed by atoms with E-state index in [2.05, 4.69) is 77.4 Å². The molecule has 17 heteroatoms. The van der Waals surface area contributed by atoms with Crippen molar-refractivity contribution in [3.8, 4) is 5.75 Å². The quantitative estimate of drug-likeness (QED) is 0.0524. The summed E-state index contributed by atoms with van der Waals surface area (Å²) in [5, 5.41) is 23.0. The van der Waals surface area contributed by atoms with Gasteiger partial charge in [-0.05, 0) is 208 Å². The fourth-order valence-electron chi connectivity index (χ4n) is 10.3. The number of nitrogens with one attached hydrogen (secondary N) is 3. The third kappa shape index (κ3) is 21.8. The van der Waals surface area contributed by atoms with E-state index < -0.39 is 19.6 Å². The van der Waals surface area contributed by atoms with Crippen molar-refractivity contribution in [2.24, 2.45) is 17.2 Å². The lowest BCUT2D eigenvalue weighted by molar-refractivity contribution is 0.100. The van der Waals surface area contributed by atoms with Crippen molar-refractivity contribution in [1.82, 2.24) is 0 Å². The number of phenolic OH excluding ortho intramolecular Hbond substituents is 1. The predicted molar refractivity (Wildman–Crippen MR) is 338 cm³/mol. The van der Waals surface area contributed by atoms with Crippen LogP contribution in [0.4, 0.5) is 11.4 Å². The highest BCUT2D eigenvalue weighted by Gasteiger charge is 2.23. The number of phenols is 1. The molecule has 0 aromatic heterocycles. The van der Waals surface area contributed by atoms with Gasteiger partial charge in [0.2, 0.25) is 0 Å². The van der Waals surface area contributed by atoms with Crippen LogP contribution >= 0.6 is 10.7 Å². The van der Waals surface area contributed by atoms with Crippen molar-refractivity contribution in [1.29, 1.82) is 4.78 Å². The third-order valence-electron chi connectivity index (χ3n) is 15.1. The second-order valence-electron chi connectivity index (χ2n) is 21.5. The van der Waals surface area contributed by atoms with Crippen LogP contribution in [0.25, 0.3) is 32.3 Å². The second-order valence-corrected chi connectivity index (χ2v) is 24.5. The van der Waals surface area contributed by atoms with Gasteiger partial charge in [-0.1, -0.05) is 103 Å². The normalized spacial score (nSPS) is 19.1. The van der Waals surface area contributed by atoms with Gasteiger partial charge in [-0.3, -0.25) is 14.4 Å². The van der Waals surface area contributed by atoms with Gasteiger partial charge >= 0.3 is 10.5 Å². The average molecular weight is 1180 g/mol. The fourth-order valence-corrected chi connectivity index (χ4v) is 11.1. The maximum Gasteiger partial charge on any atom is 0.308 e. The fraction of sp³-hybridized carbons (Fsp3) is 0.318. The molecule has 438 valence electrons. The molecule has 3 aliphatic carbocycles. The van der Waals surface area contributed by atoms with E-state index in [1.807, 2.05) is 48.5 Å². The van der Waals surface area contributed by atoms with Crippen LogP contribution in [-0.4, -0.2) is 69.5 Å². The first-order valence-electron chi connectivity index (χ1n) is 28.1. The number of hydrogen-bond acceptors (Lipinski definition) is 14. The summed E-state index contributed by atoms with van der Waals surface area (Å²) in [7, 11) is -1.11. The number of benzene rings is 8. The van der Waals surface area contributed by atoms with E-state index in [1.54, 1.807) is 63.2 Å². The molecule has 10 N–H and O–H groups in total. The number of nitrogens with two attached hydrogens (primary N) is 3. The summed E-state index contributed by atoms with van der Waals surface area (Å²) in [6.45, 7) is 4.76. The van der Waals surface area contributed by atoms with Crippen molar-refractivity contribution >= 4 is 91.3 Å². The zero-order valence-electron chi connectivity index (χ0n) is 47.3. The molecular formula is C66H77ClN6O8S2. The van der Waals surface area contributed by atoms with Crippen LogP contribution in [0.2, 0.25) is 0 Å². The van der Waals surface area contributed by atoms with Crippen molar-refractivity contribution in [2.45, 2.75) is 139 Å². The number of rotatable bonds is 9. The number of anilines is 2. The first-order valence-corrected chi connectivity index (χ1v) is 31.5. The van der Waals surface area contributed by atoms with Crippen LogP contribution in [0.3, 0.4) is 0 Å². The lowest BCUT2D eigenvalue weighted by Gasteiger charge is -2.30. The molecule has 0 aliphatic heterocycles. The molecule has 0 radical (unpaired) electrons. The Morgan fingerprint density at radius 3 is 1.14 bits per heavy atom. The minimum absolute atomic E-state index is 0.0555. The molecule has 11 rings (SSSR count). The van der Waals surface area contributed by atoms with Gasteiger partial charge in [0.1, 0.15) is 5.75 Å². The Hall–Kier alpha value is -7.31. The Morgan fingerprint density at radius 1 is 0.470 bits per heavy atom. The molecule has 8 aromatic rings. The van der Waals surface area contributed by atoms with Gasteiger partial charge in [0, 0.05) is 69.0 Å². The molecular weight excluding hydrogens is 1100 g/mol. The number of carbonyl (C=O) groups excluding carboxylic acids is 3. The molecule has 0 atom stereocenters. The molecule has 3 saturated carbocycles. The van der Waals surface area contributed by atoms with Gasteiger partial charge in [-0.25, -0.2) is 8.42 Å². The van der Waals surface area contributed by atoms with Crippen LogP contribution in [0.1, 0.15) is 140 Å². The zero-order valence-corrected chi connectivity index (χ0v) is 49.7.